The van der Waals surface area contributed by atoms with Crippen LogP contribution < -0.4 is 10.2 Å². The molecule has 0 unspecified atom stereocenters. The number of rotatable bonds is 3. The van der Waals surface area contributed by atoms with E-state index in [9.17, 15) is 9.59 Å². The smallest absolute Gasteiger partial charge is 0.227 e. The third kappa shape index (κ3) is 3.24. The molecule has 4 rings (SSSR count). The lowest BCUT2D eigenvalue weighted by Gasteiger charge is -2.27. The Bertz CT molecular complexity index is 846. The van der Waals surface area contributed by atoms with E-state index in [1.807, 2.05) is 37.3 Å². The van der Waals surface area contributed by atoms with Crippen LogP contribution in [0.3, 0.4) is 0 Å². The van der Waals surface area contributed by atoms with Crippen LogP contribution in [0.4, 0.5) is 5.69 Å². The van der Waals surface area contributed by atoms with Gasteiger partial charge in [-0.1, -0.05) is 36.4 Å². The van der Waals surface area contributed by atoms with Crippen molar-refractivity contribution in [3.63, 3.8) is 0 Å². The molecule has 0 saturated carbocycles. The minimum atomic E-state index is -0.280. The van der Waals surface area contributed by atoms with Crippen LogP contribution in [0.15, 0.2) is 48.5 Å². The number of fused-ring (bicyclic) bond motifs is 1. The zero-order valence-corrected chi connectivity index (χ0v) is 15.1. The predicted octanol–water partition coefficient (Wildman–Crippen LogP) is 3.54. The second-order valence-electron chi connectivity index (χ2n) is 7.40. The highest BCUT2D eigenvalue weighted by Gasteiger charge is 2.36. The van der Waals surface area contributed by atoms with Crippen LogP contribution >= 0.6 is 0 Å². The van der Waals surface area contributed by atoms with E-state index < -0.39 is 0 Å². The maximum absolute atomic E-state index is 12.8. The summed E-state index contributed by atoms with van der Waals surface area (Å²) >= 11 is 0. The van der Waals surface area contributed by atoms with Crippen LogP contribution in [-0.2, 0) is 16.0 Å². The van der Waals surface area contributed by atoms with Crippen molar-refractivity contribution in [2.75, 3.05) is 11.4 Å². The van der Waals surface area contributed by atoms with Gasteiger partial charge in [0.05, 0.1) is 12.0 Å². The molecule has 2 atom stereocenters. The zero-order valence-electron chi connectivity index (χ0n) is 15.1. The first kappa shape index (κ1) is 16.8. The average molecular weight is 348 g/mol. The van der Waals surface area contributed by atoms with Crippen LogP contribution in [0.25, 0.3) is 0 Å². The van der Waals surface area contributed by atoms with Crippen molar-refractivity contribution >= 4 is 17.5 Å². The van der Waals surface area contributed by atoms with Gasteiger partial charge in [-0.3, -0.25) is 9.59 Å². The normalized spacial score (nSPS) is 22.2. The molecule has 4 heteroatoms. The molecule has 1 saturated heterocycles. The molecule has 1 heterocycles. The van der Waals surface area contributed by atoms with Gasteiger partial charge in [-0.05, 0) is 55.0 Å². The van der Waals surface area contributed by atoms with Gasteiger partial charge in [0.15, 0.2) is 0 Å². The quantitative estimate of drug-likeness (QED) is 0.922. The third-order valence-corrected chi connectivity index (χ3v) is 5.50. The summed E-state index contributed by atoms with van der Waals surface area (Å²) < 4.78 is 0. The van der Waals surface area contributed by atoms with Gasteiger partial charge in [0.25, 0.3) is 0 Å². The molecule has 0 spiro atoms. The lowest BCUT2D eigenvalue weighted by Crippen LogP contribution is -2.36. The number of carbonyl (C=O) groups excluding carboxylic acids is 2. The van der Waals surface area contributed by atoms with Crippen molar-refractivity contribution in [3.8, 4) is 0 Å². The van der Waals surface area contributed by atoms with Gasteiger partial charge in [-0.25, -0.2) is 0 Å². The molecule has 2 aliphatic rings. The van der Waals surface area contributed by atoms with Gasteiger partial charge in [0, 0.05) is 18.7 Å². The fourth-order valence-corrected chi connectivity index (χ4v) is 4.12. The first-order valence-electron chi connectivity index (χ1n) is 9.37. The number of hydrogen-bond acceptors (Lipinski definition) is 2. The number of aryl methyl sites for hydroxylation is 2. The summed E-state index contributed by atoms with van der Waals surface area (Å²) in [6, 6.07) is 16.3. The molecule has 134 valence electrons. The summed E-state index contributed by atoms with van der Waals surface area (Å²) in [6.07, 6.45) is 3.41. The Morgan fingerprint density at radius 2 is 2.00 bits per heavy atom. The van der Waals surface area contributed by atoms with Gasteiger partial charge in [0.1, 0.15) is 0 Å². The van der Waals surface area contributed by atoms with Gasteiger partial charge < -0.3 is 10.2 Å². The monoisotopic (exact) mass is 348 g/mol. The summed E-state index contributed by atoms with van der Waals surface area (Å²) in [4.78, 5) is 27.0. The molecule has 2 aromatic rings. The van der Waals surface area contributed by atoms with Crippen LogP contribution in [0.2, 0.25) is 0 Å². The number of nitrogens with zero attached hydrogens (tertiary/aromatic N) is 1. The Kier molecular flexibility index (Phi) is 4.49. The van der Waals surface area contributed by atoms with Crippen molar-refractivity contribution in [3.05, 3.63) is 65.2 Å². The highest BCUT2D eigenvalue weighted by atomic mass is 16.2. The van der Waals surface area contributed by atoms with E-state index in [1.165, 1.54) is 11.1 Å². The third-order valence-electron chi connectivity index (χ3n) is 5.50. The highest BCUT2D eigenvalue weighted by molar-refractivity contribution is 6.00. The molecular weight excluding hydrogens is 324 g/mol. The molecule has 2 amide bonds. The zero-order chi connectivity index (χ0) is 18.1. The summed E-state index contributed by atoms with van der Waals surface area (Å²) in [5, 5.41) is 3.20. The van der Waals surface area contributed by atoms with Gasteiger partial charge in [0.2, 0.25) is 11.8 Å². The van der Waals surface area contributed by atoms with E-state index in [-0.39, 0.29) is 30.2 Å². The summed E-state index contributed by atoms with van der Waals surface area (Å²) in [5.74, 6) is -0.257. The van der Waals surface area contributed by atoms with Crippen LogP contribution in [0.1, 0.15) is 42.0 Å². The predicted molar refractivity (Wildman–Crippen MR) is 102 cm³/mol. The Morgan fingerprint density at radius 1 is 1.15 bits per heavy atom. The lowest BCUT2D eigenvalue weighted by atomic mass is 9.87. The molecule has 0 aromatic heterocycles. The summed E-state index contributed by atoms with van der Waals surface area (Å²) in [6.45, 7) is 2.47. The minimum absolute atomic E-state index is 0.00444. The topological polar surface area (TPSA) is 49.4 Å². The number of nitrogens with one attached hydrogen (secondary N) is 1. The fourth-order valence-electron chi connectivity index (χ4n) is 4.12. The van der Waals surface area contributed by atoms with Gasteiger partial charge in [-0.15, -0.1) is 0 Å². The number of anilines is 1. The maximum Gasteiger partial charge on any atom is 0.227 e. The molecular formula is C22H24N2O2. The summed E-state index contributed by atoms with van der Waals surface area (Å²) in [5.41, 5.74) is 4.55. The Labute approximate surface area is 154 Å². The molecule has 1 aliphatic heterocycles. The van der Waals surface area contributed by atoms with Crippen molar-refractivity contribution in [2.45, 2.75) is 38.6 Å². The summed E-state index contributed by atoms with van der Waals surface area (Å²) in [7, 11) is 0. The molecule has 0 radical (unpaired) electrons. The van der Waals surface area contributed by atoms with Gasteiger partial charge in [-0.2, -0.15) is 0 Å². The molecule has 26 heavy (non-hydrogen) atoms. The Hall–Kier alpha value is -2.62. The molecule has 4 nitrogen and oxygen atoms in total. The molecule has 1 aliphatic carbocycles. The first-order chi connectivity index (χ1) is 12.6. The second-order valence-corrected chi connectivity index (χ2v) is 7.40. The Morgan fingerprint density at radius 3 is 2.85 bits per heavy atom. The van der Waals surface area contributed by atoms with E-state index in [1.54, 1.807) is 4.90 Å². The molecule has 1 fully saturated rings. The molecule has 0 bridgehead atoms. The molecule has 2 aromatic carbocycles. The van der Waals surface area contributed by atoms with Crippen LogP contribution in [0, 0.1) is 12.8 Å². The van der Waals surface area contributed by atoms with Gasteiger partial charge >= 0.3 is 0 Å². The number of hydrogen-bond donors (Lipinski definition) is 1. The van der Waals surface area contributed by atoms with Crippen LogP contribution in [-0.4, -0.2) is 18.4 Å². The standard InChI is InChI=1S/C22H24N2O2/c1-15-6-4-9-18(12-15)24-14-17(13-21(24)25)22(26)23-20-11-5-8-16-7-2-3-10-19(16)20/h2-4,6-7,9-10,12,17,20H,5,8,11,13-14H2,1H3,(H,23,26)/t17-,20+/m0/s1. The van der Waals surface area contributed by atoms with E-state index in [2.05, 4.69) is 23.5 Å². The average Bonchev–Trinajstić information content (AvgIpc) is 3.04. The van der Waals surface area contributed by atoms with Crippen molar-refractivity contribution in [1.82, 2.24) is 5.32 Å². The Balaban J connectivity index is 1.46. The molecule has 1 N–H and O–H groups in total. The van der Waals surface area contributed by atoms with E-state index >= 15 is 0 Å². The van der Waals surface area contributed by atoms with E-state index in [0.29, 0.717) is 6.54 Å². The van der Waals surface area contributed by atoms with E-state index in [4.69, 9.17) is 0 Å². The second kappa shape index (κ2) is 6.94. The largest absolute Gasteiger partial charge is 0.349 e. The number of benzene rings is 2. The SMILES string of the molecule is Cc1cccc(N2C[C@@H](C(=O)N[C@@H]3CCCc4ccccc43)CC2=O)c1. The lowest BCUT2D eigenvalue weighted by molar-refractivity contribution is -0.127. The first-order valence-corrected chi connectivity index (χ1v) is 9.37. The fraction of sp³-hybridized carbons (Fsp3) is 0.364. The van der Waals surface area contributed by atoms with Crippen LogP contribution in [0.5, 0.6) is 0 Å². The van der Waals surface area contributed by atoms with Crippen molar-refractivity contribution in [2.24, 2.45) is 5.92 Å². The minimum Gasteiger partial charge on any atom is -0.349 e. The highest BCUT2D eigenvalue weighted by Crippen LogP contribution is 2.31. The van der Waals surface area contributed by atoms with Crippen molar-refractivity contribution < 1.29 is 9.59 Å². The number of carbonyl (C=O) groups is 2. The van der Waals surface area contributed by atoms with Crippen molar-refractivity contribution in [1.29, 1.82) is 0 Å². The van der Waals surface area contributed by atoms with E-state index in [0.717, 1.165) is 30.5 Å². The number of amides is 2. The maximum atomic E-state index is 12.8.